The first-order chi connectivity index (χ1) is 15.5. The molecule has 0 atom stereocenters. The van der Waals surface area contributed by atoms with Crippen LogP contribution in [0.1, 0.15) is 47.9 Å². The van der Waals surface area contributed by atoms with Gasteiger partial charge < -0.3 is 19.9 Å². The number of rotatable bonds is 4. The number of carbonyl (C=O) groups is 5. The van der Waals surface area contributed by atoms with Crippen LogP contribution in [0.2, 0.25) is 0 Å². The van der Waals surface area contributed by atoms with Crippen LogP contribution in [-0.2, 0) is 14.3 Å². The number of amides is 5. The fourth-order valence-corrected chi connectivity index (χ4v) is 3.99. The van der Waals surface area contributed by atoms with Gasteiger partial charge in [0.25, 0.3) is 11.8 Å². The minimum atomic E-state index is -0.671. The summed E-state index contributed by atoms with van der Waals surface area (Å²) in [5.41, 5.74) is -0.111. The van der Waals surface area contributed by atoms with Crippen molar-refractivity contribution in [3.63, 3.8) is 0 Å². The van der Waals surface area contributed by atoms with Crippen molar-refractivity contribution < 1.29 is 28.7 Å². The average molecular weight is 523 g/mol. The average Bonchev–Trinajstić information content (AvgIpc) is 2.91. The summed E-state index contributed by atoms with van der Waals surface area (Å²) in [7, 11) is 0. The molecule has 2 aliphatic rings. The van der Waals surface area contributed by atoms with Crippen LogP contribution < -0.4 is 5.32 Å². The second kappa shape index (κ2) is 9.90. The van der Waals surface area contributed by atoms with Crippen molar-refractivity contribution in [1.82, 2.24) is 20.0 Å². The molecule has 1 aromatic carbocycles. The highest BCUT2D eigenvalue weighted by atomic mass is 79.9. The second-order valence-electron chi connectivity index (χ2n) is 8.86. The van der Waals surface area contributed by atoms with Crippen molar-refractivity contribution in [3.05, 3.63) is 33.8 Å². The van der Waals surface area contributed by atoms with Gasteiger partial charge in [-0.3, -0.25) is 24.1 Å². The molecule has 11 heteroatoms. The van der Waals surface area contributed by atoms with Gasteiger partial charge in [0, 0.05) is 30.7 Å². The lowest BCUT2D eigenvalue weighted by Gasteiger charge is -2.24. The van der Waals surface area contributed by atoms with E-state index in [4.69, 9.17) is 4.74 Å². The molecule has 0 radical (unpaired) electrons. The van der Waals surface area contributed by atoms with Crippen LogP contribution in [-0.4, -0.2) is 89.3 Å². The number of benzene rings is 1. The molecular formula is C22H27BrN4O6. The van der Waals surface area contributed by atoms with Gasteiger partial charge in [0.05, 0.1) is 11.1 Å². The van der Waals surface area contributed by atoms with E-state index < -0.39 is 23.5 Å². The van der Waals surface area contributed by atoms with Crippen LogP contribution in [0.4, 0.5) is 4.79 Å². The van der Waals surface area contributed by atoms with E-state index in [0.717, 1.165) is 4.90 Å². The first-order valence-corrected chi connectivity index (χ1v) is 11.4. The maximum absolute atomic E-state index is 12.8. The van der Waals surface area contributed by atoms with Gasteiger partial charge in [-0.1, -0.05) is 15.9 Å². The number of hydrogen-bond donors (Lipinski definition) is 1. The highest BCUT2D eigenvalue weighted by Crippen LogP contribution is 2.26. The number of fused-ring (bicyclic) bond motifs is 1. The second-order valence-corrected chi connectivity index (χ2v) is 9.77. The summed E-state index contributed by atoms with van der Waals surface area (Å²) >= 11 is 3.28. The third-order valence-electron chi connectivity index (χ3n) is 5.21. The number of ether oxygens (including phenoxy) is 1. The summed E-state index contributed by atoms with van der Waals surface area (Å²) in [6.45, 7) is 6.03. The first-order valence-electron chi connectivity index (χ1n) is 10.6. The van der Waals surface area contributed by atoms with E-state index in [2.05, 4.69) is 21.2 Å². The zero-order valence-electron chi connectivity index (χ0n) is 18.9. The first kappa shape index (κ1) is 24.7. The summed E-state index contributed by atoms with van der Waals surface area (Å²) in [5, 5.41) is 2.44. The molecule has 3 rings (SSSR count). The van der Waals surface area contributed by atoms with Gasteiger partial charge in [0.1, 0.15) is 18.7 Å². The van der Waals surface area contributed by atoms with Crippen molar-refractivity contribution in [1.29, 1.82) is 0 Å². The Morgan fingerprint density at radius 3 is 2.21 bits per heavy atom. The van der Waals surface area contributed by atoms with Crippen molar-refractivity contribution in [2.45, 2.75) is 32.8 Å². The van der Waals surface area contributed by atoms with Crippen LogP contribution >= 0.6 is 15.9 Å². The number of carbonyl (C=O) groups excluding carboxylic acids is 5. The Labute approximate surface area is 200 Å². The number of halogens is 1. The topological polar surface area (TPSA) is 116 Å². The third-order valence-corrected chi connectivity index (χ3v) is 5.70. The van der Waals surface area contributed by atoms with E-state index in [1.54, 1.807) is 48.8 Å². The quantitative estimate of drug-likeness (QED) is 0.600. The molecule has 0 aromatic heterocycles. The Morgan fingerprint density at radius 1 is 0.970 bits per heavy atom. The monoisotopic (exact) mass is 522 g/mol. The molecule has 2 aliphatic heterocycles. The summed E-state index contributed by atoms with van der Waals surface area (Å²) in [6.07, 6.45) is -0.130. The van der Waals surface area contributed by atoms with E-state index in [-0.39, 0.29) is 49.1 Å². The number of alkyl carbamates (subject to hydrolysis) is 1. The van der Waals surface area contributed by atoms with Gasteiger partial charge in [0.15, 0.2) is 0 Å². The van der Waals surface area contributed by atoms with Crippen molar-refractivity contribution >= 4 is 45.7 Å². The standard InChI is InChI=1S/C22H27BrN4O6/c1-22(2,3)33-21(32)24-12-17(28)25-7-4-8-26(10-9-25)18(29)13-27-19(30)15-6-5-14(23)11-16(15)20(27)31/h5-6,11H,4,7-10,12-13H2,1-3H3,(H,24,32). The van der Waals surface area contributed by atoms with E-state index in [0.29, 0.717) is 24.0 Å². The highest BCUT2D eigenvalue weighted by Gasteiger charge is 2.37. The van der Waals surface area contributed by atoms with Gasteiger partial charge in [0.2, 0.25) is 11.8 Å². The Hall–Kier alpha value is -2.95. The van der Waals surface area contributed by atoms with Gasteiger partial charge in [-0.15, -0.1) is 0 Å². The van der Waals surface area contributed by atoms with E-state index in [1.165, 1.54) is 0 Å². The van der Waals surface area contributed by atoms with Crippen LogP contribution in [0.15, 0.2) is 22.7 Å². The summed E-state index contributed by atoms with van der Waals surface area (Å²) < 4.78 is 5.80. The number of hydrogen-bond acceptors (Lipinski definition) is 6. The van der Waals surface area contributed by atoms with Gasteiger partial charge >= 0.3 is 6.09 Å². The molecule has 1 aromatic rings. The highest BCUT2D eigenvalue weighted by molar-refractivity contribution is 9.10. The van der Waals surface area contributed by atoms with E-state index >= 15 is 0 Å². The fourth-order valence-electron chi connectivity index (χ4n) is 3.63. The molecule has 178 valence electrons. The zero-order valence-corrected chi connectivity index (χ0v) is 20.4. The molecule has 1 fully saturated rings. The summed E-state index contributed by atoms with van der Waals surface area (Å²) in [4.78, 5) is 66.3. The maximum Gasteiger partial charge on any atom is 0.408 e. The lowest BCUT2D eigenvalue weighted by atomic mass is 10.1. The molecular weight excluding hydrogens is 496 g/mol. The molecule has 0 spiro atoms. The van der Waals surface area contributed by atoms with Crippen molar-refractivity contribution in [2.24, 2.45) is 0 Å². The largest absolute Gasteiger partial charge is 0.444 e. The maximum atomic E-state index is 12.8. The van der Waals surface area contributed by atoms with Crippen LogP contribution in [0, 0.1) is 0 Å². The predicted molar refractivity (Wildman–Crippen MR) is 122 cm³/mol. The number of imide groups is 1. The minimum Gasteiger partial charge on any atom is -0.444 e. The van der Waals surface area contributed by atoms with Crippen molar-refractivity contribution in [2.75, 3.05) is 39.3 Å². The number of nitrogens with one attached hydrogen (secondary N) is 1. The normalized spacial score (nSPS) is 16.4. The van der Waals surface area contributed by atoms with Crippen LogP contribution in [0.3, 0.4) is 0 Å². The SMILES string of the molecule is CC(C)(C)OC(=O)NCC(=O)N1CCCN(C(=O)CN2C(=O)c3ccc(Br)cc3C2=O)CC1. The Kier molecular flexibility index (Phi) is 7.41. The van der Waals surface area contributed by atoms with Gasteiger partial charge in [-0.05, 0) is 45.4 Å². The molecule has 1 N–H and O–H groups in total. The molecule has 1 saturated heterocycles. The summed E-state index contributed by atoms with van der Waals surface area (Å²) in [5.74, 6) is -1.62. The molecule has 0 unspecified atom stereocenters. The fraction of sp³-hybridized carbons (Fsp3) is 0.500. The molecule has 33 heavy (non-hydrogen) atoms. The Balaban J connectivity index is 1.52. The van der Waals surface area contributed by atoms with E-state index in [1.807, 2.05) is 0 Å². The smallest absolute Gasteiger partial charge is 0.408 e. The minimum absolute atomic E-state index is 0.201. The molecule has 0 saturated carbocycles. The lowest BCUT2D eigenvalue weighted by Crippen LogP contribution is -2.45. The molecule has 2 heterocycles. The molecule has 0 aliphatic carbocycles. The zero-order chi connectivity index (χ0) is 24.3. The third kappa shape index (κ3) is 6.10. The van der Waals surface area contributed by atoms with E-state index in [9.17, 15) is 24.0 Å². The summed E-state index contributed by atoms with van der Waals surface area (Å²) in [6, 6.07) is 4.80. The predicted octanol–water partition coefficient (Wildman–Crippen LogP) is 1.63. The lowest BCUT2D eigenvalue weighted by molar-refractivity contribution is -0.133. The van der Waals surface area contributed by atoms with Gasteiger partial charge in [-0.2, -0.15) is 0 Å². The van der Waals surface area contributed by atoms with Crippen molar-refractivity contribution in [3.8, 4) is 0 Å². The van der Waals surface area contributed by atoms with Gasteiger partial charge in [-0.25, -0.2) is 4.79 Å². The molecule has 0 bridgehead atoms. The Morgan fingerprint density at radius 2 is 1.58 bits per heavy atom. The Bertz CT molecular complexity index is 990. The van der Waals surface area contributed by atoms with Crippen LogP contribution in [0.5, 0.6) is 0 Å². The number of nitrogens with zero attached hydrogens (tertiary/aromatic N) is 3. The molecule has 10 nitrogen and oxygen atoms in total. The molecule has 5 amide bonds. The van der Waals surface area contributed by atoms with Crippen LogP contribution in [0.25, 0.3) is 0 Å².